The summed E-state index contributed by atoms with van der Waals surface area (Å²) in [5.74, 6) is 0.689. The third-order valence-electron chi connectivity index (χ3n) is 3.02. The average Bonchev–Trinajstić information content (AvgIpc) is 2.69. The lowest BCUT2D eigenvalue weighted by molar-refractivity contribution is 0.0114. The van der Waals surface area contributed by atoms with Crippen molar-refractivity contribution in [2.75, 3.05) is 39.8 Å². The number of hydrogen-bond donors (Lipinski definition) is 1. The van der Waals surface area contributed by atoms with Gasteiger partial charge in [-0.1, -0.05) is 0 Å². The van der Waals surface area contributed by atoms with Gasteiger partial charge in [-0.05, 0) is 19.9 Å². The van der Waals surface area contributed by atoms with Crippen LogP contribution in [0.15, 0.2) is 0 Å². The first-order chi connectivity index (χ1) is 6.77. The molecular formula is C10H19N3O. The van der Waals surface area contributed by atoms with Crippen molar-refractivity contribution in [2.45, 2.75) is 18.9 Å². The summed E-state index contributed by atoms with van der Waals surface area (Å²) in [6, 6.07) is 0. The van der Waals surface area contributed by atoms with Gasteiger partial charge < -0.3 is 14.5 Å². The SMILES string of the molecule is CN1CCOC(C(=N)N2CCCC2)C1. The van der Waals surface area contributed by atoms with Gasteiger partial charge in [-0.3, -0.25) is 5.41 Å². The first-order valence-electron chi connectivity index (χ1n) is 5.41. The standard InChI is InChI=1S/C10H19N3O/c1-12-6-7-14-9(8-12)10(11)13-4-2-3-5-13/h9,11H,2-8H2,1H3. The largest absolute Gasteiger partial charge is 0.368 e. The minimum absolute atomic E-state index is 0.00634. The molecule has 2 aliphatic rings. The summed E-state index contributed by atoms with van der Waals surface area (Å²) in [4.78, 5) is 4.39. The molecule has 0 amide bonds. The molecule has 0 aromatic rings. The molecular weight excluding hydrogens is 178 g/mol. The van der Waals surface area contributed by atoms with Crippen LogP contribution in [-0.4, -0.2) is 61.6 Å². The van der Waals surface area contributed by atoms with Crippen molar-refractivity contribution in [3.05, 3.63) is 0 Å². The molecule has 0 aromatic heterocycles. The van der Waals surface area contributed by atoms with Crippen molar-refractivity contribution in [3.8, 4) is 0 Å². The van der Waals surface area contributed by atoms with Crippen LogP contribution in [0.2, 0.25) is 0 Å². The fourth-order valence-electron chi connectivity index (χ4n) is 2.10. The summed E-state index contributed by atoms with van der Waals surface area (Å²) in [5.41, 5.74) is 0. The Labute approximate surface area is 85.3 Å². The van der Waals surface area contributed by atoms with Crippen molar-refractivity contribution in [1.29, 1.82) is 5.41 Å². The molecule has 0 bridgehead atoms. The second-order valence-corrected chi connectivity index (χ2v) is 4.20. The van der Waals surface area contributed by atoms with Gasteiger partial charge in [0.25, 0.3) is 0 Å². The molecule has 2 fully saturated rings. The van der Waals surface area contributed by atoms with Crippen LogP contribution >= 0.6 is 0 Å². The Balaban J connectivity index is 1.89. The lowest BCUT2D eigenvalue weighted by Crippen LogP contribution is -2.48. The molecule has 80 valence electrons. The zero-order chi connectivity index (χ0) is 9.97. The van der Waals surface area contributed by atoms with Crippen molar-refractivity contribution in [3.63, 3.8) is 0 Å². The molecule has 0 saturated carbocycles. The number of rotatable bonds is 1. The summed E-state index contributed by atoms with van der Waals surface area (Å²) < 4.78 is 5.61. The molecule has 2 rings (SSSR count). The predicted molar refractivity (Wildman–Crippen MR) is 55.8 cm³/mol. The van der Waals surface area contributed by atoms with Gasteiger partial charge in [0.15, 0.2) is 0 Å². The van der Waals surface area contributed by atoms with Crippen LogP contribution in [0.5, 0.6) is 0 Å². The molecule has 4 nitrogen and oxygen atoms in total. The molecule has 2 saturated heterocycles. The van der Waals surface area contributed by atoms with Crippen LogP contribution in [0.1, 0.15) is 12.8 Å². The summed E-state index contributed by atoms with van der Waals surface area (Å²) in [7, 11) is 2.09. The van der Waals surface area contributed by atoms with Crippen LogP contribution in [-0.2, 0) is 4.74 Å². The fourth-order valence-corrected chi connectivity index (χ4v) is 2.10. The van der Waals surface area contributed by atoms with E-state index < -0.39 is 0 Å². The zero-order valence-electron chi connectivity index (χ0n) is 8.83. The van der Waals surface area contributed by atoms with Crippen LogP contribution in [0.4, 0.5) is 0 Å². The first-order valence-corrected chi connectivity index (χ1v) is 5.41. The number of hydrogen-bond acceptors (Lipinski definition) is 3. The smallest absolute Gasteiger partial charge is 0.127 e. The minimum atomic E-state index is 0.00634. The van der Waals surface area contributed by atoms with E-state index in [0.29, 0.717) is 5.84 Å². The highest BCUT2D eigenvalue weighted by Crippen LogP contribution is 2.13. The zero-order valence-corrected chi connectivity index (χ0v) is 8.83. The summed E-state index contributed by atoms with van der Waals surface area (Å²) in [6.07, 6.45) is 2.46. The maximum atomic E-state index is 8.04. The molecule has 0 spiro atoms. The summed E-state index contributed by atoms with van der Waals surface area (Å²) in [5, 5.41) is 8.04. The maximum absolute atomic E-state index is 8.04. The monoisotopic (exact) mass is 197 g/mol. The minimum Gasteiger partial charge on any atom is -0.368 e. The number of likely N-dealkylation sites (tertiary alicyclic amines) is 1. The quantitative estimate of drug-likeness (QED) is 0.488. The lowest BCUT2D eigenvalue weighted by atomic mass is 10.2. The van der Waals surface area contributed by atoms with Gasteiger partial charge in [0.2, 0.25) is 0 Å². The van der Waals surface area contributed by atoms with E-state index in [1.54, 1.807) is 0 Å². The van der Waals surface area contributed by atoms with Gasteiger partial charge in [0.1, 0.15) is 11.9 Å². The first kappa shape index (κ1) is 9.93. The van der Waals surface area contributed by atoms with Crippen molar-refractivity contribution in [2.24, 2.45) is 0 Å². The molecule has 0 aliphatic carbocycles. The van der Waals surface area contributed by atoms with E-state index in [1.165, 1.54) is 12.8 Å². The number of amidine groups is 1. The second-order valence-electron chi connectivity index (χ2n) is 4.20. The summed E-state index contributed by atoms with van der Waals surface area (Å²) in [6.45, 7) is 4.71. The van der Waals surface area contributed by atoms with Crippen molar-refractivity contribution < 1.29 is 4.74 Å². The maximum Gasteiger partial charge on any atom is 0.127 e. The Morgan fingerprint density at radius 1 is 1.29 bits per heavy atom. The molecule has 2 heterocycles. The molecule has 0 aromatic carbocycles. The van der Waals surface area contributed by atoms with Crippen molar-refractivity contribution in [1.82, 2.24) is 9.80 Å². The Bertz CT molecular complexity index is 213. The number of nitrogens with one attached hydrogen (secondary N) is 1. The van der Waals surface area contributed by atoms with E-state index in [0.717, 1.165) is 32.8 Å². The van der Waals surface area contributed by atoms with Crippen LogP contribution in [0.25, 0.3) is 0 Å². The second kappa shape index (κ2) is 4.28. The van der Waals surface area contributed by atoms with Gasteiger partial charge >= 0.3 is 0 Å². The Hall–Kier alpha value is -0.610. The van der Waals surface area contributed by atoms with E-state index in [9.17, 15) is 0 Å². The van der Waals surface area contributed by atoms with E-state index in [-0.39, 0.29) is 6.10 Å². The van der Waals surface area contributed by atoms with Crippen molar-refractivity contribution >= 4 is 5.84 Å². The lowest BCUT2D eigenvalue weighted by Gasteiger charge is -2.33. The molecule has 4 heteroatoms. The van der Waals surface area contributed by atoms with E-state index in [1.807, 2.05) is 0 Å². The van der Waals surface area contributed by atoms with E-state index >= 15 is 0 Å². The third-order valence-corrected chi connectivity index (χ3v) is 3.02. The van der Waals surface area contributed by atoms with E-state index in [2.05, 4.69) is 16.8 Å². The fraction of sp³-hybridized carbons (Fsp3) is 0.900. The van der Waals surface area contributed by atoms with Gasteiger partial charge in [0, 0.05) is 26.2 Å². The molecule has 0 radical (unpaired) electrons. The third kappa shape index (κ3) is 2.07. The molecule has 2 aliphatic heterocycles. The number of morpholine rings is 1. The molecule has 1 unspecified atom stereocenters. The normalized spacial score (nSPS) is 29.5. The number of likely N-dealkylation sites (N-methyl/N-ethyl adjacent to an activating group) is 1. The van der Waals surface area contributed by atoms with Gasteiger partial charge in [-0.25, -0.2) is 0 Å². The molecule has 14 heavy (non-hydrogen) atoms. The predicted octanol–water partition coefficient (Wildman–Crippen LogP) is 0.390. The topological polar surface area (TPSA) is 39.6 Å². The number of ether oxygens (including phenoxy) is 1. The highest BCUT2D eigenvalue weighted by molar-refractivity contribution is 5.84. The summed E-state index contributed by atoms with van der Waals surface area (Å²) >= 11 is 0. The highest BCUT2D eigenvalue weighted by Gasteiger charge is 2.26. The van der Waals surface area contributed by atoms with E-state index in [4.69, 9.17) is 10.1 Å². The number of nitrogens with zero attached hydrogens (tertiary/aromatic N) is 2. The van der Waals surface area contributed by atoms with Crippen LogP contribution in [0, 0.1) is 5.41 Å². The Morgan fingerprint density at radius 2 is 2.00 bits per heavy atom. The van der Waals surface area contributed by atoms with Crippen LogP contribution in [0.3, 0.4) is 0 Å². The average molecular weight is 197 g/mol. The van der Waals surface area contributed by atoms with Gasteiger partial charge in [0.05, 0.1) is 6.61 Å². The Morgan fingerprint density at radius 3 is 2.64 bits per heavy atom. The van der Waals surface area contributed by atoms with Gasteiger partial charge in [-0.2, -0.15) is 0 Å². The van der Waals surface area contributed by atoms with Crippen LogP contribution < -0.4 is 0 Å². The highest BCUT2D eigenvalue weighted by atomic mass is 16.5. The molecule has 1 atom stereocenters. The Kier molecular flexibility index (Phi) is 3.03. The van der Waals surface area contributed by atoms with Gasteiger partial charge in [-0.15, -0.1) is 0 Å². The molecule has 1 N–H and O–H groups in total.